The predicted octanol–water partition coefficient (Wildman–Crippen LogP) is 1.03. The first-order valence-electron chi connectivity index (χ1n) is 9.59. The predicted molar refractivity (Wildman–Crippen MR) is 103 cm³/mol. The molecule has 0 saturated carbocycles. The fourth-order valence-electron chi connectivity index (χ4n) is 3.98. The van der Waals surface area contributed by atoms with Crippen molar-refractivity contribution >= 4 is 29.5 Å². The summed E-state index contributed by atoms with van der Waals surface area (Å²) in [6, 6.07) is 7.85. The maximum absolute atomic E-state index is 12.9. The van der Waals surface area contributed by atoms with Crippen LogP contribution in [0.25, 0.3) is 0 Å². The second-order valence-corrected chi connectivity index (χ2v) is 7.35. The molecule has 0 aliphatic carbocycles. The van der Waals surface area contributed by atoms with E-state index in [2.05, 4.69) is 9.89 Å². The van der Waals surface area contributed by atoms with Crippen molar-refractivity contribution in [1.29, 1.82) is 0 Å². The Kier molecular flexibility index (Phi) is 4.70. The van der Waals surface area contributed by atoms with E-state index in [1.165, 1.54) is 11.9 Å². The number of likely N-dealkylation sites (N-methyl/N-ethyl adjacent to an activating group) is 2. The number of aliphatic imine (C=N–C) groups is 1. The molecule has 0 radical (unpaired) electrons. The van der Waals surface area contributed by atoms with E-state index in [0.717, 1.165) is 37.3 Å². The Hall–Kier alpha value is -3.03. The number of carbonyl (C=O) groups excluding carboxylic acids is 3. The number of amides is 3. The van der Waals surface area contributed by atoms with E-state index < -0.39 is 12.1 Å². The van der Waals surface area contributed by atoms with Gasteiger partial charge in [-0.2, -0.15) is 0 Å². The van der Waals surface area contributed by atoms with Gasteiger partial charge in [0.25, 0.3) is 11.9 Å². The molecular weight excluding hydrogens is 358 g/mol. The van der Waals surface area contributed by atoms with Crippen molar-refractivity contribution in [2.24, 2.45) is 4.99 Å². The van der Waals surface area contributed by atoms with Crippen LogP contribution in [0.5, 0.6) is 0 Å². The van der Waals surface area contributed by atoms with Gasteiger partial charge in [0.05, 0.1) is 20.1 Å². The molecule has 2 fully saturated rings. The molecule has 3 aliphatic rings. The molecule has 0 bridgehead atoms. The van der Waals surface area contributed by atoms with Gasteiger partial charge < -0.3 is 0 Å². The summed E-state index contributed by atoms with van der Waals surface area (Å²) < 4.78 is 1.76. The van der Waals surface area contributed by atoms with Crippen molar-refractivity contribution in [1.82, 2.24) is 14.7 Å². The third-order valence-corrected chi connectivity index (χ3v) is 5.53. The van der Waals surface area contributed by atoms with E-state index in [1.807, 2.05) is 18.2 Å². The number of benzene rings is 1. The van der Waals surface area contributed by atoms with Gasteiger partial charge in [0.2, 0.25) is 5.84 Å². The molecule has 2 saturated heterocycles. The highest BCUT2D eigenvalue weighted by molar-refractivity contribution is 6.21. The number of rotatable bonds is 3. The van der Waals surface area contributed by atoms with E-state index in [4.69, 9.17) is 0 Å². The summed E-state index contributed by atoms with van der Waals surface area (Å²) in [6.45, 7) is 1.70. The molecule has 3 heterocycles. The maximum Gasteiger partial charge on any atom is 0.374 e. The lowest BCUT2D eigenvalue weighted by Crippen LogP contribution is -2.60. The first kappa shape index (κ1) is 18.3. The highest BCUT2D eigenvalue weighted by Gasteiger charge is 2.52. The molecule has 28 heavy (non-hydrogen) atoms. The van der Waals surface area contributed by atoms with Gasteiger partial charge in [-0.1, -0.05) is 30.3 Å². The molecule has 146 valence electrons. The van der Waals surface area contributed by atoms with Crippen LogP contribution in [0.3, 0.4) is 0 Å². The van der Waals surface area contributed by atoms with Gasteiger partial charge in [0, 0.05) is 12.6 Å². The van der Waals surface area contributed by atoms with E-state index in [0.29, 0.717) is 17.4 Å². The molecule has 4 rings (SSSR count). The molecule has 1 atom stereocenters. The zero-order chi connectivity index (χ0) is 19.8. The Morgan fingerprint density at radius 2 is 1.75 bits per heavy atom. The van der Waals surface area contributed by atoms with Crippen molar-refractivity contribution in [3.8, 4) is 0 Å². The van der Waals surface area contributed by atoms with Gasteiger partial charge in [0.1, 0.15) is 6.54 Å². The fourth-order valence-corrected chi connectivity index (χ4v) is 3.98. The van der Waals surface area contributed by atoms with Crippen molar-refractivity contribution < 1.29 is 19.0 Å². The SMILES string of the molecule is CN1C(=O)C2N=C(N3CCCCC3)[N+](CC(=O)c3ccccc3)=C2N(C)C1=O. The lowest BCUT2D eigenvalue weighted by atomic mass is 10.1. The molecule has 1 unspecified atom stereocenters. The van der Waals surface area contributed by atoms with Gasteiger partial charge in [0.15, 0.2) is 5.78 Å². The largest absolute Gasteiger partial charge is 0.374 e. The van der Waals surface area contributed by atoms with E-state index in [9.17, 15) is 14.4 Å². The number of nitrogens with zero attached hydrogens (tertiary/aromatic N) is 5. The molecule has 8 nitrogen and oxygen atoms in total. The van der Waals surface area contributed by atoms with Crippen LogP contribution < -0.4 is 0 Å². The Morgan fingerprint density at radius 1 is 1.07 bits per heavy atom. The minimum Gasteiger partial charge on any atom is -0.291 e. The molecule has 3 aliphatic heterocycles. The molecule has 0 aromatic heterocycles. The van der Waals surface area contributed by atoms with Crippen LogP contribution >= 0.6 is 0 Å². The quantitative estimate of drug-likeness (QED) is 0.578. The second-order valence-electron chi connectivity index (χ2n) is 7.35. The van der Waals surface area contributed by atoms with Gasteiger partial charge in [-0.05, 0) is 19.3 Å². The van der Waals surface area contributed by atoms with Crippen LogP contribution in [-0.4, -0.2) is 88.6 Å². The molecule has 8 heteroatoms. The number of amidine groups is 1. The van der Waals surface area contributed by atoms with E-state index >= 15 is 0 Å². The summed E-state index contributed by atoms with van der Waals surface area (Å²) in [4.78, 5) is 47.4. The van der Waals surface area contributed by atoms with Crippen LogP contribution in [0, 0.1) is 0 Å². The fraction of sp³-hybridized carbons (Fsp3) is 0.450. The molecule has 0 N–H and O–H groups in total. The molecule has 1 aromatic rings. The van der Waals surface area contributed by atoms with Crippen molar-refractivity contribution in [2.45, 2.75) is 25.3 Å². The summed E-state index contributed by atoms with van der Waals surface area (Å²) in [5.74, 6) is 0.651. The van der Waals surface area contributed by atoms with Crippen LogP contribution in [-0.2, 0) is 4.79 Å². The number of carbonyl (C=O) groups is 3. The third-order valence-electron chi connectivity index (χ3n) is 5.53. The zero-order valence-corrected chi connectivity index (χ0v) is 16.2. The topological polar surface area (TPSA) is 76.3 Å². The second kappa shape index (κ2) is 7.18. The molecular formula is C20H24N5O3+. The molecule has 0 spiro atoms. The number of hydrogen-bond acceptors (Lipinski definition) is 5. The van der Waals surface area contributed by atoms with Gasteiger partial charge in [-0.3, -0.25) is 19.4 Å². The Labute approximate surface area is 163 Å². The van der Waals surface area contributed by atoms with E-state index in [1.54, 1.807) is 23.8 Å². The number of guanidine groups is 1. The van der Waals surface area contributed by atoms with Crippen LogP contribution in [0.4, 0.5) is 4.79 Å². The highest BCUT2D eigenvalue weighted by Crippen LogP contribution is 2.22. The standard InChI is InChI=1S/C20H24N5O3/c1-22-17-16(18(27)23(2)20(22)28)21-19(24-11-7-4-8-12-24)25(17)13-15(26)14-9-5-3-6-10-14/h3,5-6,9-10,16H,4,7-8,11-13H2,1-2H3/q+1. The van der Waals surface area contributed by atoms with Crippen LogP contribution in [0.2, 0.25) is 0 Å². The summed E-state index contributed by atoms with van der Waals surface area (Å²) in [7, 11) is 3.09. The number of Topliss-reactive ketones (excluding diaryl/α,β-unsaturated/α-hetero) is 1. The normalized spacial score (nSPS) is 22.6. The number of imide groups is 1. The van der Waals surface area contributed by atoms with Gasteiger partial charge in [-0.15, -0.1) is 4.99 Å². The lowest BCUT2D eigenvalue weighted by molar-refractivity contribution is -0.407. The Bertz CT molecular complexity index is 886. The minimum absolute atomic E-state index is 0.0415. The first-order chi connectivity index (χ1) is 13.5. The van der Waals surface area contributed by atoms with Gasteiger partial charge >= 0.3 is 12.0 Å². The van der Waals surface area contributed by atoms with E-state index in [-0.39, 0.29) is 18.2 Å². The van der Waals surface area contributed by atoms with Gasteiger partial charge in [-0.25, -0.2) is 14.3 Å². The lowest BCUT2D eigenvalue weighted by Gasteiger charge is -2.29. The van der Waals surface area contributed by atoms with Crippen molar-refractivity contribution in [3.63, 3.8) is 0 Å². The zero-order valence-electron chi connectivity index (χ0n) is 16.2. The summed E-state index contributed by atoms with van der Waals surface area (Å²) in [6.07, 6.45) is 3.25. The monoisotopic (exact) mass is 382 g/mol. The summed E-state index contributed by atoms with van der Waals surface area (Å²) >= 11 is 0. The Morgan fingerprint density at radius 3 is 2.43 bits per heavy atom. The number of ketones is 1. The number of fused-ring (bicyclic) bond motifs is 1. The first-order valence-corrected chi connectivity index (χ1v) is 9.59. The number of urea groups is 1. The Balaban J connectivity index is 1.75. The molecule has 1 aromatic carbocycles. The summed E-state index contributed by atoms with van der Waals surface area (Å²) in [5.41, 5.74) is 0.595. The molecule has 3 amide bonds. The average Bonchev–Trinajstić information content (AvgIpc) is 3.11. The summed E-state index contributed by atoms with van der Waals surface area (Å²) in [5, 5.41) is 0. The maximum atomic E-state index is 12.9. The number of hydrogen-bond donors (Lipinski definition) is 0. The van der Waals surface area contributed by atoms with Crippen LogP contribution in [0.15, 0.2) is 35.3 Å². The average molecular weight is 382 g/mol. The number of piperidine rings is 1. The minimum atomic E-state index is -0.784. The third kappa shape index (κ3) is 2.98. The highest BCUT2D eigenvalue weighted by atomic mass is 16.2. The number of likely N-dealkylation sites (tertiary alicyclic amines) is 1. The van der Waals surface area contributed by atoms with Crippen molar-refractivity contribution in [3.05, 3.63) is 35.9 Å². The smallest absolute Gasteiger partial charge is 0.291 e. The van der Waals surface area contributed by atoms with Crippen LogP contribution in [0.1, 0.15) is 29.6 Å². The van der Waals surface area contributed by atoms with Crippen molar-refractivity contribution in [2.75, 3.05) is 33.7 Å².